The Morgan fingerprint density at radius 1 is 1.53 bits per heavy atom. The summed E-state index contributed by atoms with van der Waals surface area (Å²) in [7, 11) is -0.248. The van der Waals surface area contributed by atoms with E-state index in [1.807, 2.05) is 0 Å². The second-order valence-electron chi connectivity index (χ2n) is 3.75. The van der Waals surface area contributed by atoms with Gasteiger partial charge >= 0.3 is 0 Å². The molecule has 0 amide bonds. The molecule has 2 N–H and O–H groups in total. The van der Waals surface area contributed by atoms with Crippen LogP contribution in [0.5, 0.6) is 0 Å². The van der Waals surface area contributed by atoms with Gasteiger partial charge in [-0.25, -0.2) is 0 Å². The zero-order valence-corrected chi connectivity index (χ0v) is 12.2. The van der Waals surface area contributed by atoms with Crippen LogP contribution in [0.15, 0.2) is 0 Å². The van der Waals surface area contributed by atoms with Crippen LogP contribution in [0.1, 0.15) is 39.5 Å². The molecule has 4 nitrogen and oxygen atoms in total. The number of aliphatic hydroxyl groups excluding tert-OH is 2. The first-order valence-electron chi connectivity index (χ1n) is 5.76. The largest absolute Gasteiger partial charge is 0.513 e. The molecular formula is C11H20NO3SSi. The third kappa shape index (κ3) is 6.84. The lowest BCUT2D eigenvalue weighted by Crippen LogP contribution is -2.34. The van der Waals surface area contributed by atoms with E-state index in [0.717, 1.165) is 19.3 Å². The quantitative estimate of drug-likeness (QED) is 0.270. The fourth-order valence-electron chi connectivity index (χ4n) is 1.29. The van der Waals surface area contributed by atoms with E-state index in [4.69, 9.17) is 10.00 Å². The van der Waals surface area contributed by atoms with Crippen molar-refractivity contribution in [1.82, 2.24) is 0 Å². The van der Waals surface area contributed by atoms with Crippen molar-refractivity contribution in [3.8, 4) is 6.07 Å². The first-order valence-corrected chi connectivity index (χ1v) is 7.21. The van der Waals surface area contributed by atoms with Crippen LogP contribution in [0, 0.1) is 11.3 Å². The van der Waals surface area contributed by atoms with E-state index in [2.05, 4.69) is 25.6 Å². The number of hydrogen-bond donors (Lipinski definition) is 3. The van der Waals surface area contributed by atoms with Crippen molar-refractivity contribution in [3.05, 3.63) is 0 Å². The summed E-state index contributed by atoms with van der Waals surface area (Å²) in [5, 5.41) is 27.9. The first-order chi connectivity index (χ1) is 7.99. The van der Waals surface area contributed by atoms with Crippen LogP contribution in [-0.2, 0) is 4.74 Å². The molecule has 2 atom stereocenters. The van der Waals surface area contributed by atoms with Crippen LogP contribution in [0.4, 0.5) is 0 Å². The average Bonchev–Trinajstić information content (AvgIpc) is 2.29. The van der Waals surface area contributed by atoms with E-state index in [1.54, 1.807) is 6.92 Å². The molecule has 0 aromatic carbocycles. The fraction of sp³-hybridized carbons (Fsp3) is 0.818. The number of nitrogens with zero attached hydrogens (tertiary/aromatic N) is 1. The smallest absolute Gasteiger partial charge is 0.208 e. The van der Waals surface area contributed by atoms with Crippen LogP contribution >= 0.6 is 12.6 Å². The molecule has 97 valence electrons. The van der Waals surface area contributed by atoms with E-state index in [0.29, 0.717) is 13.0 Å². The minimum absolute atomic E-state index is 0.208. The molecule has 0 aliphatic carbocycles. The molecule has 0 aromatic rings. The molecule has 0 bridgehead atoms. The van der Waals surface area contributed by atoms with Crippen LogP contribution in [-0.4, -0.2) is 42.0 Å². The summed E-state index contributed by atoms with van der Waals surface area (Å²) in [5.74, 6) is 0. The van der Waals surface area contributed by atoms with E-state index < -0.39 is 10.7 Å². The van der Waals surface area contributed by atoms with Gasteiger partial charge in [-0.1, -0.05) is 26.2 Å². The fourth-order valence-corrected chi connectivity index (χ4v) is 2.78. The summed E-state index contributed by atoms with van der Waals surface area (Å²) < 4.78 is 3.95. The van der Waals surface area contributed by atoms with E-state index >= 15 is 0 Å². The number of nitriles is 1. The molecule has 0 aromatic heterocycles. The molecule has 0 spiro atoms. The molecular weight excluding hydrogens is 254 g/mol. The van der Waals surface area contributed by atoms with E-state index in [1.165, 1.54) is 0 Å². The monoisotopic (exact) mass is 274 g/mol. The van der Waals surface area contributed by atoms with Crippen molar-refractivity contribution in [2.75, 3.05) is 6.61 Å². The molecule has 0 saturated heterocycles. The van der Waals surface area contributed by atoms with Gasteiger partial charge in [-0.2, -0.15) is 17.9 Å². The molecule has 0 aliphatic rings. The maximum Gasteiger partial charge on any atom is 0.208 e. The number of unbranched alkanes of at least 4 members (excludes halogenated alkanes) is 2. The standard InChI is InChI=1S/C11H20NO3SSi/c1-3-5-6-7-11(16,8-12)17-10(14)9(13)15-4-2/h9,13-14,16H,3-7H2,1-2H3. The van der Waals surface area contributed by atoms with Gasteiger partial charge in [-0.3, -0.25) is 0 Å². The van der Waals surface area contributed by atoms with Gasteiger partial charge in [0.05, 0.1) is 6.07 Å². The highest BCUT2D eigenvalue weighted by Crippen LogP contribution is 2.19. The van der Waals surface area contributed by atoms with Crippen molar-refractivity contribution in [2.45, 2.75) is 50.2 Å². The lowest BCUT2D eigenvalue weighted by molar-refractivity contribution is -0.0520. The normalized spacial score (nSPS) is 17.2. The number of rotatable bonds is 8. The molecule has 0 rings (SSSR count). The van der Waals surface area contributed by atoms with Gasteiger partial charge in [-0.05, 0) is 13.3 Å². The highest BCUT2D eigenvalue weighted by atomic mass is 32.1. The van der Waals surface area contributed by atoms with Gasteiger partial charge in [-0.15, -0.1) is 0 Å². The second kappa shape index (κ2) is 8.70. The van der Waals surface area contributed by atoms with Crippen LogP contribution in [0.2, 0.25) is 0 Å². The lowest BCUT2D eigenvalue weighted by Gasteiger charge is -2.17. The van der Waals surface area contributed by atoms with Gasteiger partial charge < -0.3 is 14.9 Å². The van der Waals surface area contributed by atoms with Crippen molar-refractivity contribution in [1.29, 1.82) is 5.26 Å². The zero-order valence-electron chi connectivity index (χ0n) is 10.3. The molecule has 0 fully saturated rings. The molecule has 0 saturated carbocycles. The Morgan fingerprint density at radius 2 is 2.18 bits per heavy atom. The number of thiol groups is 1. The highest BCUT2D eigenvalue weighted by molar-refractivity contribution is 7.83. The number of ether oxygens (including phenoxy) is 1. The first kappa shape index (κ1) is 16.6. The topological polar surface area (TPSA) is 73.5 Å². The van der Waals surface area contributed by atoms with Crippen LogP contribution in [0.3, 0.4) is 0 Å². The summed E-state index contributed by atoms with van der Waals surface area (Å²) in [5.41, 5.74) is 0. The third-order valence-corrected chi connectivity index (χ3v) is 4.16. The zero-order chi connectivity index (χ0) is 13.3. The van der Waals surface area contributed by atoms with Crippen LogP contribution in [0.25, 0.3) is 0 Å². The SMILES string of the molecule is CCCCCC(S)(C#N)[Si]=C(O)C(O)OCC. The Balaban J connectivity index is 4.53. The Hall–Kier alpha value is -0.353. The molecule has 0 heterocycles. The number of hydrogen-bond acceptors (Lipinski definition) is 5. The molecule has 0 aliphatic heterocycles. The van der Waals surface area contributed by atoms with Gasteiger partial charge in [0.1, 0.15) is 18.9 Å². The Labute approximate surface area is 110 Å². The van der Waals surface area contributed by atoms with Gasteiger partial charge in [0.25, 0.3) is 0 Å². The van der Waals surface area contributed by atoms with E-state index in [-0.39, 0.29) is 14.5 Å². The number of aliphatic hydroxyl groups is 2. The summed E-state index contributed by atoms with van der Waals surface area (Å²) >= 11 is 4.30. The molecule has 6 heteroatoms. The maximum absolute atomic E-state index is 9.63. The predicted molar refractivity (Wildman–Crippen MR) is 71.8 cm³/mol. The summed E-state index contributed by atoms with van der Waals surface area (Å²) in [4.78, 5) is 0. The highest BCUT2D eigenvalue weighted by Gasteiger charge is 2.25. The van der Waals surface area contributed by atoms with Crippen molar-refractivity contribution in [2.24, 2.45) is 0 Å². The molecule has 17 heavy (non-hydrogen) atoms. The van der Waals surface area contributed by atoms with Gasteiger partial charge in [0, 0.05) is 6.61 Å². The summed E-state index contributed by atoms with van der Waals surface area (Å²) in [6.07, 6.45) is 2.27. The van der Waals surface area contributed by atoms with Crippen molar-refractivity contribution in [3.63, 3.8) is 0 Å². The lowest BCUT2D eigenvalue weighted by atomic mass is 10.1. The maximum atomic E-state index is 9.63. The van der Waals surface area contributed by atoms with E-state index in [9.17, 15) is 10.2 Å². The molecule has 2 unspecified atom stereocenters. The van der Waals surface area contributed by atoms with Crippen LogP contribution < -0.4 is 0 Å². The summed E-state index contributed by atoms with van der Waals surface area (Å²) in [6, 6.07) is 2.09. The Morgan fingerprint density at radius 3 is 2.65 bits per heavy atom. The second-order valence-corrected chi connectivity index (χ2v) is 6.55. The summed E-state index contributed by atoms with van der Waals surface area (Å²) in [6.45, 7) is 4.11. The Bertz CT molecular complexity index is 293. The average molecular weight is 274 g/mol. The predicted octanol–water partition coefficient (Wildman–Crippen LogP) is 1.28. The van der Waals surface area contributed by atoms with Crippen molar-refractivity contribution >= 4 is 27.1 Å². The van der Waals surface area contributed by atoms with Gasteiger partial charge in [0.2, 0.25) is 6.29 Å². The van der Waals surface area contributed by atoms with Gasteiger partial charge in [0.15, 0.2) is 0 Å². The van der Waals surface area contributed by atoms with Crippen molar-refractivity contribution < 1.29 is 14.9 Å². The molecule has 1 radical (unpaired) electrons. The minimum Gasteiger partial charge on any atom is -0.513 e. The Kier molecular flexibility index (Phi) is 8.52. The third-order valence-electron chi connectivity index (χ3n) is 2.22. The minimum atomic E-state index is -1.32.